The van der Waals surface area contributed by atoms with Crippen LogP contribution in [0, 0.1) is 17.9 Å². The molecule has 0 atom stereocenters. The molecule has 0 saturated carbocycles. The molecule has 49 heavy (non-hydrogen) atoms. The number of anilines is 3. The normalized spacial score (nSPS) is 13.4. The second-order valence-corrected chi connectivity index (χ2v) is 12.6. The summed E-state index contributed by atoms with van der Waals surface area (Å²) in [6, 6.07) is 50.9. The summed E-state index contributed by atoms with van der Waals surface area (Å²) in [6.45, 7) is 7.92. The molecule has 0 N–H and O–H groups in total. The largest absolute Gasteiger partial charge is 0.310 e. The van der Waals surface area contributed by atoms with E-state index >= 15 is 0 Å². The monoisotopic (exact) mass is 623 g/mol. The number of pyridine rings is 1. The average Bonchev–Trinajstić information content (AvgIpc) is 3.65. The van der Waals surface area contributed by atoms with Gasteiger partial charge >= 0.3 is 0 Å². The van der Waals surface area contributed by atoms with Crippen molar-refractivity contribution < 1.29 is 0 Å². The fourth-order valence-corrected chi connectivity index (χ4v) is 8.42. The molecule has 10 rings (SSSR count). The van der Waals surface area contributed by atoms with Crippen molar-refractivity contribution in [1.29, 1.82) is 5.26 Å². The Kier molecular flexibility index (Phi) is 5.56. The highest BCUT2D eigenvalue weighted by Crippen LogP contribution is 2.63. The number of hydrogen-bond acceptors (Lipinski definition) is 3. The van der Waals surface area contributed by atoms with Crippen LogP contribution >= 0.6 is 0 Å². The minimum absolute atomic E-state index is 0.595. The molecule has 5 nitrogen and oxygen atoms in total. The number of aromatic nitrogens is 2. The molecule has 1 aliphatic carbocycles. The second kappa shape index (κ2) is 10.0. The van der Waals surface area contributed by atoms with Crippen LogP contribution in [0.15, 0.2) is 152 Å². The topological polar surface area (TPSA) is 49.2 Å². The molecule has 6 aromatic carbocycles. The second-order valence-electron chi connectivity index (χ2n) is 12.6. The average molecular weight is 624 g/mol. The lowest BCUT2D eigenvalue weighted by molar-refractivity contribution is 0.752. The Morgan fingerprint density at radius 3 is 2.06 bits per heavy atom. The smallest absolute Gasteiger partial charge is 0.187 e. The van der Waals surface area contributed by atoms with Crippen LogP contribution in [0.1, 0.15) is 27.8 Å². The Bertz CT molecular complexity index is 2610. The molecule has 5 heteroatoms. The summed E-state index contributed by atoms with van der Waals surface area (Å²) in [5, 5.41) is 12.4. The van der Waals surface area contributed by atoms with Crippen LogP contribution in [-0.4, -0.2) is 9.55 Å². The predicted molar refractivity (Wildman–Crippen MR) is 195 cm³/mol. The lowest BCUT2D eigenvalue weighted by Crippen LogP contribution is -2.36. The zero-order valence-electron chi connectivity index (χ0n) is 26.2. The van der Waals surface area contributed by atoms with E-state index in [2.05, 4.69) is 147 Å². The summed E-state index contributed by atoms with van der Waals surface area (Å²) in [5.41, 5.74) is 13.5. The van der Waals surface area contributed by atoms with Gasteiger partial charge < -0.3 is 9.47 Å². The van der Waals surface area contributed by atoms with Crippen molar-refractivity contribution in [2.45, 2.75) is 5.41 Å². The molecule has 1 spiro atoms. The Labute approximate surface area is 283 Å². The van der Waals surface area contributed by atoms with Gasteiger partial charge in [-0.3, -0.25) is 4.98 Å². The van der Waals surface area contributed by atoms with Crippen LogP contribution in [0.2, 0.25) is 0 Å². The van der Waals surface area contributed by atoms with E-state index in [9.17, 15) is 5.26 Å². The lowest BCUT2D eigenvalue weighted by atomic mass is 9.64. The third-order valence-corrected chi connectivity index (χ3v) is 10.3. The van der Waals surface area contributed by atoms with Gasteiger partial charge in [-0.2, -0.15) is 5.26 Å². The van der Waals surface area contributed by atoms with Crippen molar-refractivity contribution in [3.05, 3.63) is 191 Å². The summed E-state index contributed by atoms with van der Waals surface area (Å²) < 4.78 is 2.32. The highest BCUT2D eigenvalue weighted by Gasteiger charge is 2.51. The summed E-state index contributed by atoms with van der Waals surface area (Å²) in [4.78, 5) is 10.7. The van der Waals surface area contributed by atoms with Crippen LogP contribution in [0.3, 0.4) is 0 Å². The van der Waals surface area contributed by atoms with E-state index in [1.54, 1.807) is 0 Å². The van der Waals surface area contributed by atoms with Crippen molar-refractivity contribution in [2.75, 3.05) is 4.90 Å². The summed E-state index contributed by atoms with van der Waals surface area (Å²) >= 11 is 0. The van der Waals surface area contributed by atoms with Crippen LogP contribution in [-0.2, 0) is 5.41 Å². The molecule has 2 aliphatic rings. The van der Waals surface area contributed by atoms with Crippen molar-refractivity contribution in [2.24, 2.45) is 0 Å². The molecule has 0 amide bonds. The molecule has 8 aromatic rings. The fourth-order valence-electron chi connectivity index (χ4n) is 8.42. The molecule has 0 unspecified atom stereocenters. The Morgan fingerprint density at radius 1 is 0.612 bits per heavy atom. The zero-order valence-corrected chi connectivity index (χ0v) is 26.2. The van der Waals surface area contributed by atoms with E-state index in [-0.39, 0.29) is 0 Å². The highest BCUT2D eigenvalue weighted by atomic mass is 15.2. The van der Waals surface area contributed by atoms with Gasteiger partial charge in [0.15, 0.2) is 5.69 Å². The summed E-state index contributed by atoms with van der Waals surface area (Å²) in [5.74, 6) is 0. The van der Waals surface area contributed by atoms with Crippen molar-refractivity contribution in [3.8, 4) is 22.9 Å². The van der Waals surface area contributed by atoms with E-state index in [1.165, 1.54) is 5.39 Å². The van der Waals surface area contributed by atoms with Gasteiger partial charge in [0.1, 0.15) is 0 Å². The van der Waals surface area contributed by atoms with Gasteiger partial charge in [0.05, 0.1) is 46.0 Å². The number of nitriles is 1. The van der Waals surface area contributed by atoms with E-state index < -0.39 is 5.41 Å². The van der Waals surface area contributed by atoms with Crippen molar-refractivity contribution in [3.63, 3.8) is 0 Å². The quantitative estimate of drug-likeness (QED) is 0.180. The van der Waals surface area contributed by atoms with E-state index in [0.717, 1.165) is 72.5 Å². The van der Waals surface area contributed by atoms with Crippen LogP contribution < -0.4 is 4.90 Å². The van der Waals surface area contributed by atoms with E-state index in [4.69, 9.17) is 6.57 Å². The fraction of sp³-hybridized carbons (Fsp3) is 0.0227. The molecule has 3 heterocycles. The molecule has 0 bridgehead atoms. The van der Waals surface area contributed by atoms with Gasteiger partial charge in [-0.15, -0.1) is 0 Å². The first-order valence-electron chi connectivity index (χ1n) is 16.2. The van der Waals surface area contributed by atoms with Crippen molar-refractivity contribution in [1.82, 2.24) is 9.55 Å². The maximum atomic E-state index is 10.1. The number of rotatable bonds is 2. The van der Waals surface area contributed by atoms with Gasteiger partial charge in [-0.05, 0) is 88.0 Å². The van der Waals surface area contributed by atoms with Gasteiger partial charge in [0.2, 0.25) is 0 Å². The van der Waals surface area contributed by atoms with Crippen LogP contribution in [0.4, 0.5) is 22.7 Å². The Hall–Kier alpha value is -6.95. The Morgan fingerprint density at radius 2 is 1.29 bits per heavy atom. The summed E-state index contributed by atoms with van der Waals surface area (Å²) in [7, 11) is 0. The maximum Gasteiger partial charge on any atom is 0.187 e. The highest BCUT2D eigenvalue weighted by molar-refractivity contribution is 6.09. The minimum Gasteiger partial charge on any atom is -0.310 e. The number of para-hydroxylation sites is 3. The lowest BCUT2D eigenvalue weighted by Gasteiger charge is -2.45. The maximum absolute atomic E-state index is 10.1. The van der Waals surface area contributed by atoms with E-state index in [0.29, 0.717) is 11.3 Å². The SMILES string of the molecule is [C-]#[N+]c1ccc2c(c1)C1(c3cc(C#N)ccc3-2)c2ccccc2N(c2cccc(-n3c4ccccc4c4cnccc43)c2)c2ccccc21. The third-order valence-electron chi connectivity index (χ3n) is 10.3. The van der Waals surface area contributed by atoms with Gasteiger partial charge in [0, 0.05) is 34.5 Å². The van der Waals surface area contributed by atoms with Crippen LogP contribution in [0.5, 0.6) is 0 Å². The van der Waals surface area contributed by atoms with Crippen molar-refractivity contribution >= 4 is 44.6 Å². The number of hydrogen-bond donors (Lipinski definition) is 0. The summed E-state index contributed by atoms with van der Waals surface area (Å²) in [6.07, 6.45) is 3.80. The third kappa shape index (κ3) is 3.54. The zero-order chi connectivity index (χ0) is 32.7. The first-order chi connectivity index (χ1) is 24.2. The number of nitrogens with zero attached hydrogens (tertiary/aromatic N) is 5. The predicted octanol–water partition coefficient (Wildman–Crippen LogP) is 10.7. The van der Waals surface area contributed by atoms with Gasteiger partial charge in [-0.1, -0.05) is 84.9 Å². The molecule has 1 aliphatic heterocycles. The Balaban J connectivity index is 1.27. The minimum atomic E-state index is -0.723. The number of fused-ring (bicyclic) bond motifs is 12. The van der Waals surface area contributed by atoms with Gasteiger partial charge in [0.25, 0.3) is 0 Å². The molecule has 2 aromatic heterocycles. The first-order valence-corrected chi connectivity index (χ1v) is 16.2. The standard InChI is InChI=1S/C44H25N5/c1-46-29-18-20-33-32-19-17-28(26-45)23-38(32)44(39(33)24-29)36-12-3-6-15-42(36)49(43-16-7-4-13-37(43)44)31-10-8-9-30(25-31)48-40-14-5-2-11-34(40)35-27-47-22-21-41(35)48/h2-25,27H. The molecule has 0 fully saturated rings. The van der Waals surface area contributed by atoms with Crippen LogP contribution in [0.25, 0.3) is 43.5 Å². The van der Waals surface area contributed by atoms with E-state index in [1.807, 2.05) is 30.6 Å². The molecular formula is C44H25N5. The first kappa shape index (κ1) is 27.2. The molecule has 0 radical (unpaired) electrons. The molecule has 226 valence electrons. The molecule has 0 saturated heterocycles. The number of benzene rings is 6. The molecular weight excluding hydrogens is 599 g/mol. The van der Waals surface area contributed by atoms with Gasteiger partial charge in [-0.25, -0.2) is 4.85 Å².